The van der Waals surface area contributed by atoms with Crippen LogP contribution in [0, 0.1) is 0 Å². The van der Waals surface area contributed by atoms with Gasteiger partial charge in [-0.15, -0.1) is 8.78 Å². The fraction of sp³-hybridized carbons (Fsp3) is 0.176. The van der Waals surface area contributed by atoms with Crippen LogP contribution in [0.1, 0.15) is 61.0 Å². The summed E-state index contributed by atoms with van der Waals surface area (Å²) < 4.78 is 63.3. The number of ether oxygens (including phenoxy) is 2. The third kappa shape index (κ3) is 7.29. The lowest BCUT2D eigenvalue weighted by Crippen LogP contribution is -2.41. The van der Waals surface area contributed by atoms with Crippen molar-refractivity contribution in [2.24, 2.45) is 0 Å². The minimum atomic E-state index is -4.57. The molecule has 1 aliphatic rings. The molecule has 5 rings (SSSR count). The molecule has 0 bridgehead atoms. The molecule has 1 atom stereocenters. The van der Waals surface area contributed by atoms with Crippen molar-refractivity contribution in [3.05, 3.63) is 125 Å². The van der Waals surface area contributed by atoms with Crippen molar-refractivity contribution in [1.29, 1.82) is 0 Å². The van der Waals surface area contributed by atoms with E-state index in [1.54, 1.807) is 24.3 Å². The van der Waals surface area contributed by atoms with Gasteiger partial charge in [-0.05, 0) is 47.0 Å². The van der Waals surface area contributed by atoms with Gasteiger partial charge in [0.15, 0.2) is 11.6 Å². The van der Waals surface area contributed by atoms with Crippen LogP contribution in [0.4, 0.5) is 17.6 Å². The second-order valence-electron chi connectivity index (χ2n) is 10.4. The summed E-state index contributed by atoms with van der Waals surface area (Å²) >= 11 is 0. The molecule has 1 amide bonds. The normalized spacial score (nSPS) is 15.1. The van der Waals surface area contributed by atoms with Gasteiger partial charge in [0.1, 0.15) is 5.75 Å². The van der Waals surface area contributed by atoms with E-state index in [9.17, 15) is 36.7 Å². The molecule has 4 aromatic carbocycles. The molecule has 1 aliphatic heterocycles. The summed E-state index contributed by atoms with van der Waals surface area (Å²) in [6.07, 6.45) is -9.75. The van der Waals surface area contributed by atoms with E-state index in [0.29, 0.717) is 11.6 Å². The van der Waals surface area contributed by atoms with Crippen molar-refractivity contribution in [3.63, 3.8) is 0 Å². The van der Waals surface area contributed by atoms with Crippen molar-refractivity contribution in [3.8, 4) is 16.9 Å². The highest BCUT2D eigenvalue weighted by Crippen LogP contribution is 2.46. The Morgan fingerprint density at radius 3 is 2.02 bits per heavy atom. The molecule has 0 saturated carbocycles. The lowest BCUT2D eigenvalue weighted by atomic mass is 9.84. The van der Waals surface area contributed by atoms with E-state index < -0.39 is 59.5 Å². The second-order valence-corrected chi connectivity index (χ2v) is 10.4. The SMILES string of the molecule is O=C(O)CCNC(=O)c1ccc(C(=O)C(CC(=O)c2ccc3c(c2)C(F)(F)OC(F)(F)O3)c2ccc(-c3ccccc3)cc2)cc1. The summed E-state index contributed by atoms with van der Waals surface area (Å²) in [5, 5.41) is 11.2. The minimum Gasteiger partial charge on any atom is -0.481 e. The number of alkyl halides is 4. The predicted octanol–water partition coefficient (Wildman–Crippen LogP) is 6.81. The number of amides is 1. The number of rotatable bonds is 11. The molecule has 8 nitrogen and oxygen atoms in total. The Balaban J connectivity index is 1.43. The molecule has 1 heterocycles. The highest BCUT2D eigenvalue weighted by Gasteiger charge is 2.54. The van der Waals surface area contributed by atoms with Gasteiger partial charge in [0.2, 0.25) is 0 Å². The summed E-state index contributed by atoms with van der Waals surface area (Å²) in [6, 6.07) is 24.4. The van der Waals surface area contributed by atoms with Crippen LogP contribution in [0.5, 0.6) is 5.75 Å². The number of aliphatic carboxylic acids is 1. The average molecular weight is 636 g/mol. The first kappa shape index (κ1) is 32.0. The van der Waals surface area contributed by atoms with Gasteiger partial charge in [-0.25, -0.2) is 4.74 Å². The molecule has 0 radical (unpaired) electrons. The highest BCUT2D eigenvalue weighted by molar-refractivity contribution is 6.07. The molecular formula is C34H25F4NO7. The van der Waals surface area contributed by atoms with E-state index in [-0.39, 0.29) is 29.7 Å². The van der Waals surface area contributed by atoms with Crippen LogP contribution in [-0.2, 0) is 15.6 Å². The summed E-state index contributed by atoms with van der Waals surface area (Å²) in [7, 11) is 0. The monoisotopic (exact) mass is 635 g/mol. The Morgan fingerprint density at radius 2 is 1.37 bits per heavy atom. The lowest BCUT2D eigenvalue weighted by Gasteiger charge is -2.30. The number of carbonyl (C=O) groups is 4. The van der Waals surface area contributed by atoms with Gasteiger partial charge in [0, 0.05) is 29.7 Å². The van der Waals surface area contributed by atoms with Crippen LogP contribution >= 0.6 is 0 Å². The number of halogens is 4. The van der Waals surface area contributed by atoms with Crippen molar-refractivity contribution >= 4 is 23.4 Å². The number of hydrogen-bond acceptors (Lipinski definition) is 6. The van der Waals surface area contributed by atoms with Crippen LogP contribution < -0.4 is 10.1 Å². The maximum atomic E-state index is 14.4. The van der Waals surface area contributed by atoms with Gasteiger partial charge in [0.25, 0.3) is 5.91 Å². The molecule has 0 saturated heterocycles. The fourth-order valence-electron chi connectivity index (χ4n) is 4.95. The molecule has 236 valence electrons. The Morgan fingerprint density at radius 1 is 0.761 bits per heavy atom. The van der Waals surface area contributed by atoms with Crippen LogP contribution in [0.3, 0.4) is 0 Å². The van der Waals surface area contributed by atoms with Crippen LogP contribution in [0.25, 0.3) is 11.1 Å². The molecule has 2 N–H and O–H groups in total. The second kappa shape index (κ2) is 12.9. The first-order valence-corrected chi connectivity index (χ1v) is 14.0. The maximum absolute atomic E-state index is 14.4. The van der Waals surface area contributed by atoms with Crippen LogP contribution in [0.15, 0.2) is 97.1 Å². The zero-order chi connectivity index (χ0) is 33.1. The largest absolute Gasteiger partial charge is 0.540 e. The van der Waals surface area contributed by atoms with E-state index >= 15 is 0 Å². The zero-order valence-corrected chi connectivity index (χ0v) is 23.8. The number of benzene rings is 4. The smallest absolute Gasteiger partial charge is 0.481 e. The molecule has 0 fully saturated rings. The van der Waals surface area contributed by atoms with E-state index in [4.69, 9.17) is 5.11 Å². The van der Waals surface area contributed by atoms with Crippen molar-refractivity contribution in [1.82, 2.24) is 5.32 Å². The van der Waals surface area contributed by atoms with Gasteiger partial charge < -0.3 is 15.2 Å². The molecule has 0 spiro atoms. The molecule has 1 unspecified atom stereocenters. The van der Waals surface area contributed by atoms with E-state index in [2.05, 4.69) is 14.8 Å². The average Bonchev–Trinajstić information content (AvgIpc) is 3.02. The van der Waals surface area contributed by atoms with Crippen molar-refractivity contribution in [2.45, 2.75) is 31.2 Å². The number of carboxylic acid groups (broad SMARTS) is 1. The Kier molecular flexibility index (Phi) is 9.01. The molecule has 0 aromatic heterocycles. The van der Waals surface area contributed by atoms with E-state index in [0.717, 1.165) is 23.3 Å². The number of fused-ring (bicyclic) bond motifs is 1. The first-order valence-electron chi connectivity index (χ1n) is 14.0. The van der Waals surface area contributed by atoms with Crippen LogP contribution in [-0.4, -0.2) is 41.4 Å². The molecule has 0 aliphatic carbocycles. The topological polar surface area (TPSA) is 119 Å². The number of carboxylic acids is 1. The van der Waals surface area contributed by atoms with Crippen molar-refractivity contribution < 1.29 is 51.3 Å². The van der Waals surface area contributed by atoms with Crippen molar-refractivity contribution in [2.75, 3.05) is 6.54 Å². The van der Waals surface area contributed by atoms with Gasteiger partial charge in [0.05, 0.1) is 17.9 Å². The van der Waals surface area contributed by atoms with E-state index in [1.165, 1.54) is 24.3 Å². The summed E-state index contributed by atoms with van der Waals surface area (Å²) in [5.41, 5.74) is 1.19. The molecule has 12 heteroatoms. The summed E-state index contributed by atoms with van der Waals surface area (Å²) in [5.74, 6) is -4.80. The number of Topliss-reactive ketones (excluding diaryl/α,β-unsaturated/α-hetero) is 2. The van der Waals surface area contributed by atoms with Gasteiger partial charge in [-0.2, -0.15) is 8.78 Å². The highest BCUT2D eigenvalue weighted by atomic mass is 19.3. The maximum Gasteiger partial charge on any atom is 0.540 e. The van der Waals surface area contributed by atoms with E-state index in [1.807, 2.05) is 30.3 Å². The zero-order valence-electron chi connectivity index (χ0n) is 23.8. The third-order valence-electron chi connectivity index (χ3n) is 7.27. The number of hydrogen-bond donors (Lipinski definition) is 2. The lowest BCUT2D eigenvalue weighted by molar-refractivity contribution is -0.461. The Hall–Kier alpha value is -5.36. The van der Waals surface area contributed by atoms with Gasteiger partial charge in [-0.3, -0.25) is 19.2 Å². The number of ketones is 2. The predicted molar refractivity (Wildman–Crippen MR) is 156 cm³/mol. The Bertz CT molecular complexity index is 1780. The van der Waals surface area contributed by atoms with Crippen LogP contribution in [0.2, 0.25) is 0 Å². The Labute approximate surface area is 259 Å². The first-order chi connectivity index (χ1) is 21.8. The molecular weight excluding hydrogens is 610 g/mol. The third-order valence-corrected chi connectivity index (χ3v) is 7.27. The minimum absolute atomic E-state index is 0.0900. The number of carbonyl (C=O) groups excluding carboxylic acids is 3. The standard InChI is InChI=1S/C34H25F4NO7/c35-33(36)27-18-25(14-15-29(27)45-34(37,38)46-33)28(40)19-26(22-8-6-21(7-9-22)20-4-2-1-3-5-20)31(43)23-10-12-24(13-11-23)32(44)39-17-16-30(41)42/h1-15,18,26H,16-17,19H2,(H,39,44)(H,41,42). The fourth-order valence-corrected chi connectivity index (χ4v) is 4.95. The summed E-state index contributed by atoms with van der Waals surface area (Å²) in [4.78, 5) is 50.3. The van der Waals surface area contributed by atoms with Gasteiger partial charge >= 0.3 is 18.4 Å². The number of nitrogens with one attached hydrogen (secondary N) is 1. The molecule has 46 heavy (non-hydrogen) atoms. The summed E-state index contributed by atoms with van der Waals surface area (Å²) in [6.45, 7) is -0.0900. The quantitative estimate of drug-likeness (QED) is 0.137. The molecule has 4 aromatic rings. The van der Waals surface area contributed by atoms with Gasteiger partial charge in [-0.1, -0.05) is 66.7 Å².